The summed E-state index contributed by atoms with van der Waals surface area (Å²) in [6.45, 7) is 2.87. The van der Waals surface area contributed by atoms with Crippen molar-refractivity contribution in [3.8, 4) is 0 Å². The Morgan fingerprint density at radius 2 is 1.81 bits per heavy atom. The number of rotatable bonds is 4. The van der Waals surface area contributed by atoms with Crippen LogP contribution >= 0.6 is 0 Å². The third kappa shape index (κ3) is 4.06. The molecule has 0 spiro atoms. The van der Waals surface area contributed by atoms with E-state index >= 15 is 0 Å². The molecule has 0 aromatic carbocycles. The highest BCUT2D eigenvalue weighted by Gasteiger charge is 2.23. The first-order valence-corrected chi connectivity index (χ1v) is 10.7. The molecule has 2 saturated heterocycles. The van der Waals surface area contributed by atoms with Crippen LogP contribution in [0.5, 0.6) is 0 Å². The second-order valence-corrected chi connectivity index (χ2v) is 8.23. The van der Waals surface area contributed by atoms with Crippen molar-refractivity contribution >= 4 is 33.9 Å². The van der Waals surface area contributed by atoms with Gasteiger partial charge in [0.2, 0.25) is 0 Å². The van der Waals surface area contributed by atoms with Crippen LogP contribution < -0.4 is 20.7 Å². The van der Waals surface area contributed by atoms with E-state index in [4.69, 9.17) is 0 Å². The van der Waals surface area contributed by atoms with Gasteiger partial charge in [-0.25, -0.2) is 9.97 Å². The molecule has 2 aliphatic rings. The molecule has 0 radical (unpaired) electrons. The third-order valence-corrected chi connectivity index (χ3v) is 6.04. The molecule has 3 aromatic heterocycles. The van der Waals surface area contributed by atoms with Crippen LogP contribution in [0, 0.1) is 0 Å². The molecule has 0 amide bonds. The minimum absolute atomic E-state index is 0.214. The average Bonchev–Trinajstić information content (AvgIpc) is 3.21. The Balaban J connectivity index is 1.44. The number of piperidine rings is 1. The lowest BCUT2D eigenvalue weighted by Gasteiger charge is -2.31. The molecule has 2 aliphatic heterocycles. The predicted octanol–water partition coefficient (Wildman–Crippen LogP) is 1.59. The van der Waals surface area contributed by atoms with Crippen molar-refractivity contribution in [2.75, 3.05) is 41.3 Å². The zero-order chi connectivity index (χ0) is 21.4. The van der Waals surface area contributed by atoms with E-state index < -0.39 is 0 Å². The Morgan fingerprint density at radius 1 is 1.03 bits per heavy atom. The number of β-amino-alcohol motifs (C(OH)–C–C–N with tert-alkyl or cyclic N) is 1. The van der Waals surface area contributed by atoms with Gasteiger partial charge in [-0.3, -0.25) is 4.79 Å². The summed E-state index contributed by atoms with van der Waals surface area (Å²) in [4.78, 5) is 28.7. The summed E-state index contributed by atoms with van der Waals surface area (Å²) >= 11 is 0. The molecule has 4 N–H and O–H groups in total. The van der Waals surface area contributed by atoms with E-state index in [0.717, 1.165) is 44.0 Å². The molecule has 162 valence electrons. The predicted molar refractivity (Wildman–Crippen MR) is 120 cm³/mol. The maximum Gasteiger partial charge on any atom is 0.259 e. The Kier molecular flexibility index (Phi) is 5.21. The number of anilines is 4. The number of H-pyrrole nitrogens is 1. The highest BCUT2D eigenvalue weighted by atomic mass is 16.3. The molecular weight excluding hydrogens is 396 g/mol. The van der Waals surface area contributed by atoms with E-state index in [9.17, 15) is 15.0 Å². The lowest BCUT2D eigenvalue weighted by molar-refractivity contribution is 0.145. The highest BCUT2D eigenvalue weighted by molar-refractivity contribution is 5.93. The monoisotopic (exact) mass is 422 g/mol. The number of nitrogens with one attached hydrogen (secondary N) is 2. The van der Waals surface area contributed by atoms with E-state index in [1.807, 2.05) is 29.3 Å². The maximum atomic E-state index is 12.5. The first-order valence-electron chi connectivity index (χ1n) is 10.7. The van der Waals surface area contributed by atoms with Gasteiger partial charge in [-0.05, 0) is 37.5 Å². The van der Waals surface area contributed by atoms with Gasteiger partial charge in [0.1, 0.15) is 11.6 Å². The summed E-state index contributed by atoms with van der Waals surface area (Å²) in [5, 5.41) is 23.4. The second-order valence-electron chi connectivity index (χ2n) is 8.23. The van der Waals surface area contributed by atoms with Gasteiger partial charge >= 0.3 is 0 Å². The fraction of sp³-hybridized carbons (Fsp3) is 0.409. The lowest BCUT2D eigenvalue weighted by Crippen LogP contribution is -2.35. The van der Waals surface area contributed by atoms with Crippen molar-refractivity contribution in [1.82, 2.24) is 15.0 Å². The number of aromatic nitrogens is 3. The molecule has 9 nitrogen and oxygen atoms in total. The van der Waals surface area contributed by atoms with E-state index in [0.29, 0.717) is 35.4 Å². The van der Waals surface area contributed by atoms with Crippen molar-refractivity contribution in [1.29, 1.82) is 0 Å². The second kappa shape index (κ2) is 8.16. The Hall–Kier alpha value is -3.17. The minimum atomic E-state index is -0.363. The summed E-state index contributed by atoms with van der Waals surface area (Å²) in [5.41, 5.74) is 2.02. The van der Waals surface area contributed by atoms with E-state index in [-0.39, 0.29) is 17.8 Å². The molecule has 9 heteroatoms. The molecule has 0 aliphatic carbocycles. The van der Waals surface area contributed by atoms with Gasteiger partial charge in [-0.15, -0.1) is 0 Å². The van der Waals surface area contributed by atoms with Crippen molar-refractivity contribution < 1.29 is 10.2 Å². The standard InChI is InChI=1S/C22H26N6O3/c29-15-4-8-27(9-5-15)14-1-2-19(24-12-14)25-18-11-20(28-10-6-16(30)13-28)26-17-3-7-23-22(31)21(17)18/h1-3,7,11-12,15-16,29-30H,4-6,8-10,13H2,(H,23,31)(H,24,25,26)/t16-/m1/s1. The number of hydrogen-bond donors (Lipinski definition) is 4. The number of fused-ring (bicyclic) bond motifs is 1. The van der Waals surface area contributed by atoms with Crippen LogP contribution in [0.3, 0.4) is 0 Å². The summed E-state index contributed by atoms with van der Waals surface area (Å²) in [5.74, 6) is 1.35. The molecule has 31 heavy (non-hydrogen) atoms. The van der Waals surface area contributed by atoms with Crippen molar-refractivity contribution in [3.05, 3.63) is 47.0 Å². The summed E-state index contributed by atoms with van der Waals surface area (Å²) in [6.07, 6.45) is 5.05. The average molecular weight is 422 g/mol. The normalized spacial score (nSPS) is 19.9. The van der Waals surface area contributed by atoms with Crippen LogP contribution in [0.25, 0.3) is 10.9 Å². The van der Waals surface area contributed by atoms with Gasteiger partial charge in [0.25, 0.3) is 5.56 Å². The van der Waals surface area contributed by atoms with Crippen molar-refractivity contribution in [3.63, 3.8) is 0 Å². The quantitative estimate of drug-likeness (QED) is 0.501. The van der Waals surface area contributed by atoms with Crippen LogP contribution in [-0.2, 0) is 0 Å². The molecular formula is C22H26N6O3. The van der Waals surface area contributed by atoms with Crippen LogP contribution in [0.2, 0.25) is 0 Å². The largest absolute Gasteiger partial charge is 0.393 e. The minimum Gasteiger partial charge on any atom is -0.393 e. The summed E-state index contributed by atoms with van der Waals surface area (Å²) < 4.78 is 0. The van der Waals surface area contributed by atoms with Gasteiger partial charge < -0.3 is 30.3 Å². The number of hydrogen-bond acceptors (Lipinski definition) is 8. The van der Waals surface area contributed by atoms with Gasteiger partial charge in [0, 0.05) is 38.4 Å². The SMILES string of the molecule is O=c1[nH]ccc2nc(N3CC[C@@H](O)C3)cc(Nc3ccc(N4CCC(O)CC4)cn3)c12. The molecule has 5 heterocycles. The van der Waals surface area contributed by atoms with Crippen LogP contribution in [0.15, 0.2) is 41.5 Å². The van der Waals surface area contributed by atoms with E-state index in [1.165, 1.54) is 0 Å². The van der Waals surface area contributed by atoms with Crippen LogP contribution in [0.1, 0.15) is 19.3 Å². The third-order valence-electron chi connectivity index (χ3n) is 6.04. The summed E-state index contributed by atoms with van der Waals surface area (Å²) in [6, 6.07) is 7.51. The fourth-order valence-electron chi connectivity index (χ4n) is 4.30. The molecule has 0 unspecified atom stereocenters. The van der Waals surface area contributed by atoms with E-state index in [2.05, 4.69) is 25.2 Å². The first-order chi connectivity index (χ1) is 15.1. The number of aromatic amines is 1. The molecule has 5 rings (SSSR count). The maximum absolute atomic E-state index is 12.5. The van der Waals surface area contributed by atoms with Crippen molar-refractivity contribution in [2.45, 2.75) is 31.5 Å². The van der Waals surface area contributed by atoms with Crippen molar-refractivity contribution in [2.24, 2.45) is 0 Å². The zero-order valence-corrected chi connectivity index (χ0v) is 17.2. The zero-order valence-electron chi connectivity index (χ0n) is 17.2. The van der Waals surface area contributed by atoms with Gasteiger partial charge in [-0.1, -0.05) is 0 Å². The van der Waals surface area contributed by atoms with Gasteiger partial charge in [-0.2, -0.15) is 0 Å². The highest BCUT2D eigenvalue weighted by Crippen LogP contribution is 2.29. The molecule has 1 atom stereocenters. The molecule has 2 fully saturated rings. The smallest absolute Gasteiger partial charge is 0.259 e. The number of aliphatic hydroxyl groups excluding tert-OH is 2. The number of aliphatic hydroxyl groups is 2. The van der Waals surface area contributed by atoms with Gasteiger partial charge in [0.15, 0.2) is 0 Å². The Bertz CT molecular complexity index is 1120. The number of pyridine rings is 3. The molecule has 0 saturated carbocycles. The number of nitrogens with zero attached hydrogens (tertiary/aromatic N) is 4. The topological polar surface area (TPSA) is 118 Å². The Morgan fingerprint density at radius 3 is 2.52 bits per heavy atom. The van der Waals surface area contributed by atoms with Crippen LogP contribution in [-0.4, -0.2) is 63.6 Å². The summed E-state index contributed by atoms with van der Waals surface area (Å²) in [7, 11) is 0. The first kappa shape index (κ1) is 19.8. The fourth-order valence-corrected chi connectivity index (χ4v) is 4.30. The van der Waals surface area contributed by atoms with Crippen LogP contribution in [0.4, 0.5) is 23.0 Å². The Labute approximate surface area is 179 Å². The van der Waals surface area contributed by atoms with E-state index in [1.54, 1.807) is 12.3 Å². The lowest BCUT2D eigenvalue weighted by atomic mass is 10.1. The molecule has 3 aromatic rings. The van der Waals surface area contributed by atoms with Gasteiger partial charge in [0.05, 0.1) is 40.7 Å². The molecule has 0 bridgehead atoms.